The number of carbonyl (C=O) groups excluding carboxylic acids is 12. The number of fused-ring (bicyclic) bond motifs is 4. The van der Waals surface area contributed by atoms with Crippen molar-refractivity contribution < 1.29 is 67.7 Å². The summed E-state index contributed by atoms with van der Waals surface area (Å²) in [4.78, 5) is 186. The van der Waals surface area contributed by atoms with Crippen molar-refractivity contribution >= 4 is 92.7 Å². The fraction of sp³-hybridized carbons (Fsp3) is 0.508. The van der Waals surface area contributed by atoms with Crippen LogP contribution >= 0.6 is 0 Å². The van der Waals surface area contributed by atoms with Gasteiger partial charge in [0.2, 0.25) is 59.1 Å². The van der Waals surface area contributed by atoms with Gasteiger partial charge in [0.15, 0.2) is 11.4 Å². The van der Waals surface area contributed by atoms with Crippen LogP contribution in [0, 0.1) is 11.8 Å². The van der Waals surface area contributed by atoms with Gasteiger partial charge in [-0.15, -0.1) is 0 Å². The maximum absolute atomic E-state index is 14.9. The van der Waals surface area contributed by atoms with Crippen molar-refractivity contribution in [3.8, 4) is 11.5 Å². The molecule has 3 aliphatic heterocycles. The Morgan fingerprint density at radius 1 is 0.551 bits per heavy atom. The third kappa shape index (κ3) is 16.2. The molecule has 28 nitrogen and oxygen atoms in total. The number of carbonyl (C=O) groups is 12. The van der Waals surface area contributed by atoms with Crippen molar-refractivity contribution in [3.63, 3.8) is 0 Å². The summed E-state index contributed by atoms with van der Waals surface area (Å²) >= 11 is 0. The van der Waals surface area contributed by atoms with Gasteiger partial charge in [0.25, 0.3) is 11.8 Å². The summed E-state index contributed by atoms with van der Waals surface area (Å²) in [5.74, 6) is -11.6. The van der Waals surface area contributed by atoms with Crippen molar-refractivity contribution in [1.82, 2.24) is 71.3 Å². The van der Waals surface area contributed by atoms with Gasteiger partial charge in [-0.1, -0.05) is 70.5 Å². The van der Waals surface area contributed by atoms with Crippen LogP contribution in [0.25, 0.3) is 21.8 Å². The first-order valence-corrected chi connectivity index (χ1v) is 29.8. The highest BCUT2D eigenvalue weighted by Crippen LogP contribution is 2.26. The van der Waals surface area contributed by atoms with Crippen LogP contribution < -0.4 is 31.9 Å². The summed E-state index contributed by atoms with van der Waals surface area (Å²) in [6, 6.07) is 7.96. The van der Waals surface area contributed by atoms with E-state index >= 15 is 0 Å². The van der Waals surface area contributed by atoms with Crippen LogP contribution in [-0.2, 0) is 47.9 Å². The number of amides is 12. The molecular weight excluding hydrogens is 1150 g/mol. The highest BCUT2D eigenvalue weighted by molar-refractivity contribution is 6.03. The minimum Gasteiger partial charge on any atom is -0.505 e. The quantitative estimate of drug-likeness (QED) is 0.117. The summed E-state index contributed by atoms with van der Waals surface area (Å²) in [6.07, 6.45) is 2.44. The number of benzene rings is 2. The first kappa shape index (κ1) is 67.0. The topological polar surface area (TPSA) is 363 Å². The van der Waals surface area contributed by atoms with E-state index in [1.807, 2.05) is 0 Å². The Hall–Kier alpha value is -9.50. The average Bonchev–Trinajstić information content (AvgIpc) is 3.21. The zero-order valence-electron chi connectivity index (χ0n) is 51.4. The van der Waals surface area contributed by atoms with Crippen LogP contribution in [0.15, 0.2) is 60.7 Å². The van der Waals surface area contributed by atoms with E-state index in [1.165, 1.54) is 50.1 Å². The van der Waals surface area contributed by atoms with Gasteiger partial charge < -0.3 is 71.5 Å². The molecule has 3 saturated heterocycles. The predicted octanol–water partition coefficient (Wildman–Crippen LogP) is -0.395. The number of aromatic nitrogens is 2. The van der Waals surface area contributed by atoms with E-state index in [0.29, 0.717) is 53.9 Å². The summed E-state index contributed by atoms with van der Waals surface area (Å²) < 4.78 is 0. The molecule has 2 aromatic carbocycles. The highest BCUT2D eigenvalue weighted by atomic mass is 16.3. The van der Waals surface area contributed by atoms with Crippen LogP contribution in [-0.4, -0.2) is 237 Å². The summed E-state index contributed by atoms with van der Waals surface area (Å²) in [5.41, 5.74) is -0.179. The number of hydrogen-bond donors (Lipinski definition) is 8. The standard InChI is InChI=1S/C61H80N14O14/c1-9-35(4)53-59(87)63-29-41(69-57(85)51-45(77)27-37-19-11-13-21-39(37)67-51)61(89)75-25-17-15-23-43(75)55(83)64-30-46(78)70(5)32-48(80)72(7)52(34(2)3)58(86)62-28-40(68-56(84)50-44(76)26-36-18-10-12-20-38(36)66-50)60(88)74-24-16-14-22-42(74)54(82)65-31-47(79)71(6)33-49(81)73(53)8/h10-13,18-21,26-27,34-35,40-43,52-53,76-77H,9,14-17,22-25,28-33H2,1-8H3,(H,62,86)(H,63,87)(H,64,83)(H,65,82)(H,68,84)(H,69,85)/t35-,40+,41+,42-,43-,52-,53-/m0/s1. The van der Waals surface area contributed by atoms with Gasteiger partial charge in [-0.3, -0.25) is 57.5 Å². The van der Waals surface area contributed by atoms with Crippen LogP contribution in [0.5, 0.6) is 11.5 Å². The molecule has 89 heavy (non-hydrogen) atoms. The Morgan fingerprint density at radius 3 is 1.35 bits per heavy atom. The second-order valence-corrected chi connectivity index (χ2v) is 23.2. The lowest BCUT2D eigenvalue weighted by molar-refractivity contribution is -0.146. The van der Waals surface area contributed by atoms with Crippen LogP contribution in [0.3, 0.4) is 0 Å². The van der Waals surface area contributed by atoms with Gasteiger partial charge in [-0.2, -0.15) is 0 Å². The van der Waals surface area contributed by atoms with Gasteiger partial charge in [-0.05, 0) is 74.6 Å². The Bertz CT molecular complexity index is 3380. The van der Waals surface area contributed by atoms with Crippen molar-refractivity contribution in [2.45, 2.75) is 109 Å². The number of para-hydroxylation sites is 2. The molecule has 28 heteroatoms. The van der Waals surface area contributed by atoms with E-state index in [-0.39, 0.29) is 25.9 Å². The first-order chi connectivity index (χ1) is 42.3. The lowest BCUT2D eigenvalue weighted by Crippen LogP contribution is -2.61. The third-order valence-corrected chi connectivity index (χ3v) is 16.6. The fourth-order valence-corrected chi connectivity index (χ4v) is 11.3. The smallest absolute Gasteiger partial charge is 0.274 e. The van der Waals surface area contributed by atoms with E-state index in [2.05, 4.69) is 41.9 Å². The Labute approximate surface area is 514 Å². The van der Waals surface area contributed by atoms with Crippen LogP contribution in [0.4, 0.5) is 0 Å². The number of piperidine rings is 2. The number of pyridine rings is 2. The number of hydrogen-bond acceptors (Lipinski definition) is 16. The number of rotatable bonds is 7. The lowest BCUT2D eigenvalue weighted by atomic mass is 9.96. The van der Waals surface area contributed by atoms with E-state index in [9.17, 15) is 67.7 Å². The molecule has 7 atom stereocenters. The first-order valence-electron chi connectivity index (χ1n) is 29.8. The summed E-state index contributed by atoms with van der Waals surface area (Å²) in [6.45, 7) is 3.22. The molecule has 0 spiro atoms. The van der Waals surface area contributed by atoms with Gasteiger partial charge >= 0.3 is 0 Å². The van der Waals surface area contributed by atoms with Gasteiger partial charge in [0.05, 0.1) is 37.2 Å². The summed E-state index contributed by atoms with van der Waals surface area (Å²) in [7, 11) is 5.32. The zero-order chi connectivity index (χ0) is 65.0. The molecule has 4 aromatic rings. The molecule has 3 aliphatic rings. The van der Waals surface area contributed by atoms with Crippen molar-refractivity contribution in [3.05, 3.63) is 72.1 Å². The Kier molecular flexibility index (Phi) is 22.5. The number of nitrogens with zero attached hydrogens (tertiary/aromatic N) is 8. The minimum absolute atomic E-state index is 0.0100. The maximum Gasteiger partial charge on any atom is 0.274 e. The van der Waals surface area contributed by atoms with E-state index in [4.69, 9.17) is 0 Å². The van der Waals surface area contributed by atoms with Gasteiger partial charge in [-0.25, -0.2) is 9.97 Å². The largest absolute Gasteiger partial charge is 0.505 e. The molecule has 8 N–H and O–H groups in total. The molecule has 0 saturated carbocycles. The van der Waals surface area contributed by atoms with E-state index in [0.717, 1.165) is 19.6 Å². The van der Waals surface area contributed by atoms with Gasteiger partial charge in [0, 0.05) is 65.1 Å². The number of nitrogens with one attached hydrogen (secondary N) is 6. The molecule has 2 aromatic heterocycles. The van der Waals surface area contributed by atoms with E-state index in [1.54, 1.807) is 76.2 Å². The molecule has 5 heterocycles. The molecule has 3 fully saturated rings. The van der Waals surface area contributed by atoms with E-state index < -0.39 is 181 Å². The highest BCUT2D eigenvalue weighted by Gasteiger charge is 2.41. The van der Waals surface area contributed by atoms with Crippen molar-refractivity contribution in [2.75, 3.05) is 80.5 Å². The molecular formula is C61H80N14O14. The predicted molar refractivity (Wildman–Crippen MR) is 323 cm³/mol. The Morgan fingerprint density at radius 2 is 0.944 bits per heavy atom. The second kappa shape index (κ2) is 29.9. The monoisotopic (exact) mass is 1230 g/mol. The average molecular weight is 1230 g/mol. The van der Waals surface area contributed by atoms with Crippen LogP contribution in [0.2, 0.25) is 0 Å². The normalized spacial score (nSPS) is 23.2. The second-order valence-electron chi connectivity index (χ2n) is 23.2. The van der Waals surface area contributed by atoms with Crippen molar-refractivity contribution in [1.29, 1.82) is 0 Å². The molecule has 0 aliphatic carbocycles. The molecule has 0 unspecified atom stereocenters. The fourth-order valence-electron chi connectivity index (χ4n) is 11.3. The van der Waals surface area contributed by atoms with Gasteiger partial charge in [0.1, 0.15) is 47.8 Å². The Balaban J connectivity index is 1.18. The van der Waals surface area contributed by atoms with Crippen LogP contribution in [0.1, 0.15) is 93.6 Å². The molecule has 7 rings (SSSR count). The zero-order valence-corrected chi connectivity index (χ0v) is 51.4. The maximum atomic E-state index is 14.9. The molecule has 478 valence electrons. The third-order valence-electron chi connectivity index (χ3n) is 16.6. The molecule has 0 radical (unpaired) electrons. The van der Waals surface area contributed by atoms with Crippen molar-refractivity contribution in [2.24, 2.45) is 11.8 Å². The SMILES string of the molecule is CC[C@H](C)[C@H]1C(=O)NC[C@@H](NC(=O)c2nc3ccccc3cc2O)C(=O)N2CCCC[C@H]2C(=O)NCC(=O)N(C)CC(=O)N(C)[C@@H](C(C)C)C(=O)NC[C@@H](NC(=O)c2nc3ccccc3cc2O)C(=O)N2CCCC[C@H]2C(=O)NCC(=O)N(C)CC(=O)N1C. The lowest BCUT2D eigenvalue weighted by Gasteiger charge is -2.37. The number of aromatic hydroxyl groups is 2. The summed E-state index contributed by atoms with van der Waals surface area (Å²) in [5, 5.41) is 38.7. The molecule has 12 amide bonds. The number of likely N-dealkylation sites (N-methyl/N-ethyl adjacent to an activating group) is 4. The minimum atomic E-state index is -1.61. The molecule has 0 bridgehead atoms.